The lowest BCUT2D eigenvalue weighted by Crippen LogP contribution is -2.25. The number of rotatable bonds is 6. The van der Waals surface area contributed by atoms with Gasteiger partial charge in [-0.05, 0) is 38.4 Å². The Hall–Kier alpha value is -1.69. The summed E-state index contributed by atoms with van der Waals surface area (Å²) in [6.07, 6.45) is 0. The summed E-state index contributed by atoms with van der Waals surface area (Å²) in [5.74, 6) is 1.80. The van der Waals surface area contributed by atoms with Crippen molar-refractivity contribution < 1.29 is 4.42 Å². The topological polar surface area (TPSA) is 41.3 Å². The van der Waals surface area contributed by atoms with E-state index in [2.05, 4.69) is 35.4 Å². The number of thiazole rings is 1. The fraction of sp³-hybridized carbons (Fsp3) is 0.312. The van der Waals surface area contributed by atoms with Gasteiger partial charge in [0.15, 0.2) is 10.8 Å². The van der Waals surface area contributed by atoms with E-state index < -0.39 is 0 Å². The van der Waals surface area contributed by atoms with Crippen molar-refractivity contribution in [3.05, 3.63) is 42.2 Å². The van der Waals surface area contributed by atoms with Gasteiger partial charge in [0.2, 0.25) is 0 Å². The van der Waals surface area contributed by atoms with Gasteiger partial charge in [0.25, 0.3) is 0 Å². The smallest absolute Gasteiger partial charge is 0.163 e. The first-order chi connectivity index (χ1) is 10.2. The van der Waals surface area contributed by atoms with Gasteiger partial charge in [0, 0.05) is 13.1 Å². The quantitative estimate of drug-likeness (QED) is 0.710. The number of fused-ring (bicyclic) bond motifs is 1. The minimum Gasteiger partial charge on any atom is -0.457 e. The zero-order chi connectivity index (χ0) is 14.7. The van der Waals surface area contributed by atoms with Crippen LogP contribution in [0.25, 0.3) is 21.0 Å². The second-order valence-corrected chi connectivity index (χ2v) is 6.26. The highest BCUT2D eigenvalue weighted by molar-refractivity contribution is 7.21. The average molecular weight is 301 g/mol. The molecular formula is C16H19N3OS. The third-order valence-electron chi connectivity index (χ3n) is 3.20. The number of nitrogens with one attached hydrogen (secondary N) is 1. The van der Waals surface area contributed by atoms with Gasteiger partial charge in [0.1, 0.15) is 5.76 Å². The molecule has 0 amide bonds. The minimum absolute atomic E-state index is 0.749. The lowest BCUT2D eigenvalue weighted by Gasteiger charge is -2.09. The van der Waals surface area contributed by atoms with Gasteiger partial charge in [-0.15, -0.1) is 11.3 Å². The second kappa shape index (κ2) is 6.39. The molecule has 0 bridgehead atoms. The Balaban J connectivity index is 1.66. The monoisotopic (exact) mass is 301 g/mol. The Kier molecular flexibility index (Phi) is 4.34. The number of benzene rings is 1. The maximum atomic E-state index is 5.88. The van der Waals surface area contributed by atoms with E-state index in [-0.39, 0.29) is 0 Å². The Bertz CT molecular complexity index is 684. The van der Waals surface area contributed by atoms with Crippen molar-refractivity contribution in [1.82, 2.24) is 15.2 Å². The average Bonchev–Trinajstić information content (AvgIpc) is 3.09. The molecule has 4 nitrogen and oxygen atoms in total. The molecule has 0 unspecified atom stereocenters. The van der Waals surface area contributed by atoms with Crippen LogP contribution >= 0.6 is 11.3 Å². The van der Waals surface area contributed by atoms with Crippen molar-refractivity contribution >= 4 is 21.6 Å². The van der Waals surface area contributed by atoms with Crippen LogP contribution in [0.4, 0.5) is 0 Å². The molecule has 21 heavy (non-hydrogen) atoms. The zero-order valence-electron chi connectivity index (χ0n) is 12.3. The highest BCUT2D eigenvalue weighted by atomic mass is 32.1. The van der Waals surface area contributed by atoms with Crippen LogP contribution in [0.1, 0.15) is 5.76 Å². The number of hydrogen-bond donors (Lipinski definition) is 1. The lowest BCUT2D eigenvalue weighted by molar-refractivity contribution is 0.392. The molecular weight excluding hydrogens is 282 g/mol. The van der Waals surface area contributed by atoms with Crippen LogP contribution in [0, 0.1) is 0 Å². The molecule has 110 valence electrons. The van der Waals surface area contributed by atoms with Crippen molar-refractivity contribution in [1.29, 1.82) is 0 Å². The first-order valence-corrected chi connectivity index (χ1v) is 7.84. The summed E-state index contributed by atoms with van der Waals surface area (Å²) in [6.45, 7) is 2.72. The van der Waals surface area contributed by atoms with Crippen LogP contribution in [0.3, 0.4) is 0 Å². The molecule has 5 heteroatoms. The van der Waals surface area contributed by atoms with Gasteiger partial charge < -0.3 is 14.6 Å². The maximum Gasteiger partial charge on any atom is 0.163 e. The number of aromatic nitrogens is 1. The summed E-state index contributed by atoms with van der Waals surface area (Å²) in [4.78, 5) is 6.77. The summed E-state index contributed by atoms with van der Waals surface area (Å²) < 4.78 is 7.07. The van der Waals surface area contributed by atoms with E-state index in [4.69, 9.17) is 4.42 Å². The molecule has 3 rings (SSSR count). The van der Waals surface area contributed by atoms with Gasteiger partial charge in [-0.3, -0.25) is 0 Å². The zero-order valence-corrected chi connectivity index (χ0v) is 13.1. The molecule has 0 spiro atoms. The standard InChI is InChI=1S/C16H19N3OS/c1-19(2)10-9-17-11-12-7-8-14(20-12)16-18-13-5-3-4-6-15(13)21-16/h3-8,17H,9-11H2,1-2H3. The van der Waals surface area contributed by atoms with E-state index in [9.17, 15) is 0 Å². The summed E-state index contributed by atoms with van der Waals surface area (Å²) in [7, 11) is 4.14. The normalized spacial score (nSPS) is 11.6. The highest BCUT2D eigenvalue weighted by Crippen LogP contribution is 2.30. The fourth-order valence-corrected chi connectivity index (χ4v) is 3.01. The molecule has 0 aliphatic heterocycles. The Morgan fingerprint density at radius 3 is 2.86 bits per heavy atom. The van der Waals surface area contributed by atoms with Crippen LogP contribution in [-0.4, -0.2) is 37.1 Å². The van der Waals surface area contributed by atoms with Gasteiger partial charge in [-0.2, -0.15) is 0 Å². The lowest BCUT2D eigenvalue weighted by atomic mass is 10.3. The summed E-state index contributed by atoms with van der Waals surface area (Å²) in [5.41, 5.74) is 1.03. The summed E-state index contributed by atoms with van der Waals surface area (Å²) in [5, 5.41) is 4.31. The Morgan fingerprint density at radius 1 is 1.19 bits per heavy atom. The van der Waals surface area contributed by atoms with Crippen LogP contribution in [-0.2, 0) is 6.54 Å². The van der Waals surface area contributed by atoms with Crippen molar-refractivity contribution in [3.8, 4) is 10.8 Å². The molecule has 0 radical (unpaired) electrons. The molecule has 0 saturated heterocycles. The van der Waals surface area contributed by atoms with Crippen LogP contribution < -0.4 is 5.32 Å². The highest BCUT2D eigenvalue weighted by Gasteiger charge is 2.10. The first-order valence-electron chi connectivity index (χ1n) is 7.02. The van der Waals surface area contributed by atoms with E-state index in [0.717, 1.165) is 41.7 Å². The molecule has 0 fully saturated rings. The molecule has 0 saturated carbocycles. The van der Waals surface area contributed by atoms with Crippen molar-refractivity contribution in [3.63, 3.8) is 0 Å². The first kappa shape index (κ1) is 14.3. The van der Waals surface area contributed by atoms with E-state index >= 15 is 0 Å². The SMILES string of the molecule is CN(C)CCNCc1ccc(-c2nc3ccccc3s2)o1. The van der Waals surface area contributed by atoms with Crippen LogP contribution in [0.2, 0.25) is 0 Å². The van der Waals surface area contributed by atoms with Crippen molar-refractivity contribution in [2.24, 2.45) is 0 Å². The van der Waals surface area contributed by atoms with E-state index in [0.29, 0.717) is 0 Å². The number of likely N-dealkylation sites (N-methyl/N-ethyl adjacent to an activating group) is 1. The third kappa shape index (κ3) is 3.50. The number of hydrogen-bond acceptors (Lipinski definition) is 5. The molecule has 2 heterocycles. The van der Waals surface area contributed by atoms with E-state index in [1.54, 1.807) is 11.3 Å². The number of nitrogens with zero attached hydrogens (tertiary/aromatic N) is 2. The molecule has 0 aliphatic carbocycles. The molecule has 1 aromatic carbocycles. The molecule has 0 atom stereocenters. The van der Waals surface area contributed by atoms with Crippen LogP contribution in [0.5, 0.6) is 0 Å². The Labute approximate surface area is 128 Å². The van der Waals surface area contributed by atoms with Gasteiger partial charge in [-0.25, -0.2) is 4.98 Å². The maximum absolute atomic E-state index is 5.88. The van der Waals surface area contributed by atoms with E-state index in [1.165, 1.54) is 4.70 Å². The number of para-hydroxylation sites is 1. The summed E-state index contributed by atoms with van der Waals surface area (Å²) in [6, 6.07) is 12.2. The second-order valence-electron chi connectivity index (χ2n) is 5.23. The molecule has 1 N–H and O–H groups in total. The summed E-state index contributed by atoms with van der Waals surface area (Å²) >= 11 is 1.66. The number of furan rings is 1. The van der Waals surface area contributed by atoms with Gasteiger partial charge >= 0.3 is 0 Å². The third-order valence-corrected chi connectivity index (χ3v) is 4.25. The van der Waals surface area contributed by atoms with Crippen molar-refractivity contribution in [2.75, 3.05) is 27.2 Å². The predicted octanol–water partition coefficient (Wildman–Crippen LogP) is 3.21. The van der Waals surface area contributed by atoms with E-state index in [1.807, 2.05) is 30.3 Å². The van der Waals surface area contributed by atoms with Gasteiger partial charge in [-0.1, -0.05) is 12.1 Å². The largest absolute Gasteiger partial charge is 0.457 e. The van der Waals surface area contributed by atoms with Gasteiger partial charge in [0.05, 0.1) is 16.8 Å². The molecule has 3 aromatic rings. The molecule has 0 aliphatic rings. The minimum atomic E-state index is 0.749. The Morgan fingerprint density at radius 2 is 2.05 bits per heavy atom. The predicted molar refractivity (Wildman–Crippen MR) is 87.6 cm³/mol. The fourth-order valence-electron chi connectivity index (χ4n) is 2.08. The van der Waals surface area contributed by atoms with Crippen LogP contribution in [0.15, 0.2) is 40.8 Å². The van der Waals surface area contributed by atoms with Crippen molar-refractivity contribution in [2.45, 2.75) is 6.54 Å². The molecule has 2 aromatic heterocycles.